The van der Waals surface area contributed by atoms with Crippen molar-refractivity contribution in [2.24, 2.45) is 0 Å². The van der Waals surface area contributed by atoms with Gasteiger partial charge >= 0.3 is 6.03 Å². The Morgan fingerprint density at radius 1 is 1.40 bits per heavy atom. The molecule has 1 saturated heterocycles. The minimum absolute atomic E-state index is 0.153. The summed E-state index contributed by atoms with van der Waals surface area (Å²) in [5.74, 6) is -0.790. The van der Waals surface area contributed by atoms with E-state index in [-0.39, 0.29) is 12.5 Å². The second-order valence-corrected chi connectivity index (χ2v) is 5.38. The van der Waals surface area contributed by atoms with Crippen molar-refractivity contribution < 1.29 is 14.4 Å². The highest BCUT2D eigenvalue weighted by molar-refractivity contribution is 6.07. The van der Waals surface area contributed by atoms with E-state index in [2.05, 4.69) is 17.7 Å². The summed E-state index contributed by atoms with van der Waals surface area (Å²) in [5, 5.41) is 3.36. The molecule has 0 saturated carbocycles. The SMILES string of the molecule is CCCCN(C)CC(=O)NN1C(=O)N[C@](C)(CC)C1=O. The van der Waals surface area contributed by atoms with Gasteiger partial charge in [0.2, 0.25) is 0 Å². The van der Waals surface area contributed by atoms with Gasteiger partial charge in [-0.1, -0.05) is 20.3 Å². The van der Waals surface area contributed by atoms with Gasteiger partial charge in [0.05, 0.1) is 6.54 Å². The van der Waals surface area contributed by atoms with E-state index in [1.807, 2.05) is 18.9 Å². The van der Waals surface area contributed by atoms with Crippen molar-refractivity contribution in [3.63, 3.8) is 0 Å². The van der Waals surface area contributed by atoms with Crippen molar-refractivity contribution in [2.45, 2.75) is 45.6 Å². The summed E-state index contributed by atoms with van der Waals surface area (Å²) in [4.78, 5) is 37.5. The van der Waals surface area contributed by atoms with Gasteiger partial charge < -0.3 is 5.32 Å². The first-order valence-electron chi connectivity index (χ1n) is 6.98. The molecular formula is C13H24N4O3. The van der Waals surface area contributed by atoms with Crippen LogP contribution in [0.25, 0.3) is 0 Å². The largest absolute Gasteiger partial charge is 0.344 e. The molecule has 7 heteroatoms. The van der Waals surface area contributed by atoms with Crippen LogP contribution in [0, 0.1) is 0 Å². The number of unbranched alkanes of at least 4 members (excludes halogenated alkanes) is 1. The highest BCUT2D eigenvalue weighted by Crippen LogP contribution is 2.18. The molecule has 114 valence electrons. The number of carbonyl (C=O) groups excluding carboxylic acids is 3. The van der Waals surface area contributed by atoms with Crippen molar-refractivity contribution in [3.8, 4) is 0 Å². The first kappa shape index (κ1) is 16.4. The standard InChI is InChI=1S/C13H24N4O3/c1-5-7-8-16(4)9-10(18)15-17-11(19)13(3,6-2)14-12(17)20/h5-9H2,1-4H3,(H,14,20)(H,15,18)/t13-/m1/s1. The lowest BCUT2D eigenvalue weighted by atomic mass is 10.00. The van der Waals surface area contributed by atoms with Gasteiger partial charge in [0.15, 0.2) is 0 Å². The third kappa shape index (κ3) is 3.69. The number of hydrogen-bond acceptors (Lipinski definition) is 4. The van der Waals surface area contributed by atoms with Crippen LogP contribution in [0.5, 0.6) is 0 Å². The molecule has 0 radical (unpaired) electrons. The van der Waals surface area contributed by atoms with E-state index in [9.17, 15) is 14.4 Å². The fourth-order valence-corrected chi connectivity index (χ4v) is 1.94. The Balaban J connectivity index is 2.54. The number of hydrazine groups is 1. The maximum atomic E-state index is 12.1. The van der Waals surface area contributed by atoms with Crippen molar-refractivity contribution in [1.82, 2.24) is 20.7 Å². The number of nitrogens with one attached hydrogen (secondary N) is 2. The summed E-state index contributed by atoms with van der Waals surface area (Å²) in [6, 6.07) is -0.580. The number of urea groups is 1. The van der Waals surface area contributed by atoms with Crippen molar-refractivity contribution in [3.05, 3.63) is 0 Å². The Hall–Kier alpha value is -1.63. The molecule has 2 N–H and O–H groups in total. The predicted molar refractivity (Wildman–Crippen MR) is 74.6 cm³/mol. The van der Waals surface area contributed by atoms with E-state index in [0.717, 1.165) is 24.4 Å². The van der Waals surface area contributed by atoms with E-state index in [1.165, 1.54) is 0 Å². The molecule has 1 heterocycles. The molecule has 7 nitrogen and oxygen atoms in total. The Morgan fingerprint density at radius 2 is 2.05 bits per heavy atom. The van der Waals surface area contributed by atoms with Gasteiger partial charge in [-0.2, -0.15) is 5.01 Å². The average molecular weight is 284 g/mol. The van der Waals surface area contributed by atoms with Gasteiger partial charge in [-0.05, 0) is 33.4 Å². The molecule has 1 aliphatic rings. The summed E-state index contributed by atoms with van der Waals surface area (Å²) in [5.41, 5.74) is 1.43. The van der Waals surface area contributed by atoms with Crippen molar-refractivity contribution in [1.29, 1.82) is 0 Å². The number of hydrogen-bond donors (Lipinski definition) is 2. The molecule has 1 atom stereocenters. The zero-order valence-electron chi connectivity index (χ0n) is 12.7. The Labute approximate surface area is 119 Å². The average Bonchev–Trinajstić information content (AvgIpc) is 2.60. The summed E-state index contributed by atoms with van der Waals surface area (Å²) in [7, 11) is 1.83. The van der Waals surface area contributed by atoms with Crippen LogP contribution < -0.4 is 10.7 Å². The quantitative estimate of drug-likeness (QED) is 0.666. The molecule has 1 fully saturated rings. The maximum Gasteiger partial charge on any atom is 0.344 e. The van der Waals surface area contributed by atoms with Gasteiger partial charge in [-0.3, -0.25) is 19.9 Å². The van der Waals surface area contributed by atoms with Crippen LogP contribution in [0.2, 0.25) is 0 Å². The van der Waals surface area contributed by atoms with Gasteiger partial charge in [0.1, 0.15) is 5.54 Å². The molecule has 0 aliphatic carbocycles. The van der Waals surface area contributed by atoms with Crippen LogP contribution in [0.1, 0.15) is 40.0 Å². The lowest BCUT2D eigenvalue weighted by Crippen LogP contribution is -2.50. The Kier molecular flexibility index (Phi) is 5.50. The highest BCUT2D eigenvalue weighted by atomic mass is 16.2. The number of amides is 4. The first-order chi connectivity index (χ1) is 9.34. The first-order valence-corrected chi connectivity index (χ1v) is 6.98. The topological polar surface area (TPSA) is 81.8 Å². The number of likely N-dealkylation sites (N-methyl/N-ethyl adjacent to an activating group) is 1. The predicted octanol–water partition coefficient (Wildman–Crippen LogP) is 0.470. The van der Waals surface area contributed by atoms with Crippen LogP contribution in [-0.4, -0.2) is 53.4 Å². The van der Waals surface area contributed by atoms with Gasteiger partial charge in [0.25, 0.3) is 11.8 Å². The molecule has 0 unspecified atom stereocenters. The normalized spacial score (nSPS) is 22.4. The summed E-state index contributed by atoms with van der Waals surface area (Å²) in [6.45, 7) is 6.48. The minimum atomic E-state index is -0.932. The lowest BCUT2D eigenvalue weighted by molar-refractivity contribution is -0.139. The monoisotopic (exact) mass is 284 g/mol. The highest BCUT2D eigenvalue weighted by Gasteiger charge is 2.47. The smallest absolute Gasteiger partial charge is 0.322 e. The van der Waals surface area contributed by atoms with E-state index in [1.54, 1.807) is 6.92 Å². The third-order valence-electron chi connectivity index (χ3n) is 3.51. The lowest BCUT2D eigenvalue weighted by Gasteiger charge is -2.20. The van der Waals surface area contributed by atoms with E-state index >= 15 is 0 Å². The minimum Gasteiger partial charge on any atom is -0.322 e. The van der Waals surface area contributed by atoms with Gasteiger partial charge in [-0.15, -0.1) is 0 Å². The Morgan fingerprint density at radius 3 is 2.55 bits per heavy atom. The molecule has 0 aromatic carbocycles. The molecule has 0 aromatic heterocycles. The second-order valence-electron chi connectivity index (χ2n) is 5.38. The van der Waals surface area contributed by atoms with Crippen LogP contribution in [0.4, 0.5) is 4.79 Å². The number of imide groups is 1. The van der Waals surface area contributed by atoms with Crippen LogP contribution in [0.3, 0.4) is 0 Å². The fourth-order valence-electron chi connectivity index (χ4n) is 1.94. The summed E-state index contributed by atoms with van der Waals surface area (Å²) < 4.78 is 0. The van der Waals surface area contributed by atoms with Crippen LogP contribution in [0.15, 0.2) is 0 Å². The van der Waals surface area contributed by atoms with Crippen LogP contribution >= 0.6 is 0 Å². The van der Waals surface area contributed by atoms with E-state index in [4.69, 9.17) is 0 Å². The van der Waals surface area contributed by atoms with Crippen molar-refractivity contribution >= 4 is 17.8 Å². The van der Waals surface area contributed by atoms with Gasteiger partial charge in [-0.25, -0.2) is 4.79 Å². The third-order valence-corrected chi connectivity index (χ3v) is 3.51. The molecule has 20 heavy (non-hydrogen) atoms. The zero-order chi connectivity index (χ0) is 15.3. The summed E-state index contributed by atoms with van der Waals surface area (Å²) in [6.07, 6.45) is 2.52. The molecule has 0 spiro atoms. The molecular weight excluding hydrogens is 260 g/mol. The Bertz CT molecular complexity index is 399. The molecule has 1 aliphatic heterocycles. The fraction of sp³-hybridized carbons (Fsp3) is 0.769. The zero-order valence-corrected chi connectivity index (χ0v) is 12.7. The second kappa shape index (κ2) is 6.69. The maximum absolute atomic E-state index is 12.1. The number of rotatable bonds is 7. The van der Waals surface area contributed by atoms with E-state index < -0.39 is 17.5 Å². The molecule has 1 rings (SSSR count). The van der Waals surface area contributed by atoms with Crippen LogP contribution in [-0.2, 0) is 9.59 Å². The van der Waals surface area contributed by atoms with Crippen molar-refractivity contribution in [2.75, 3.05) is 20.1 Å². The molecule has 0 aromatic rings. The summed E-state index contributed by atoms with van der Waals surface area (Å²) >= 11 is 0. The van der Waals surface area contributed by atoms with Gasteiger partial charge in [0, 0.05) is 0 Å². The number of carbonyl (C=O) groups is 3. The number of nitrogens with zero attached hydrogens (tertiary/aromatic N) is 2. The molecule has 0 bridgehead atoms. The van der Waals surface area contributed by atoms with E-state index in [0.29, 0.717) is 6.42 Å². The molecule has 4 amide bonds.